The van der Waals surface area contributed by atoms with Gasteiger partial charge >= 0.3 is 0 Å². The van der Waals surface area contributed by atoms with Crippen LogP contribution in [-0.2, 0) is 6.42 Å². The van der Waals surface area contributed by atoms with Crippen molar-refractivity contribution in [1.29, 1.82) is 0 Å². The van der Waals surface area contributed by atoms with Crippen LogP contribution in [0.15, 0.2) is 28.8 Å². The molecule has 0 saturated heterocycles. The first-order valence-electron chi connectivity index (χ1n) is 5.95. The van der Waals surface area contributed by atoms with Gasteiger partial charge in [0.15, 0.2) is 0 Å². The van der Waals surface area contributed by atoms with Crippen molar-refractivity contribution in [3.05, 3.63) is 30.2 Å². The fourth-order valence-corrected chi connectivity index (χ4v) is 1.66. The molecule has 0 unspecified atom stereocenters. The molecule has 1 aromatic carbocycles. The number of methoxy groups -OCH3 is 1. The van der Waals surface area contributed by atoms with E-state index in [2.05, 4.69) is 30.9 Å². The Balaban J connectivity index is 2.23. The quantitative estimate of drug-likeness (QED) is 0.833. The summed E-state index contributed by atoms with van der Waals surface area (Å²) in [6, 6.07) is 7.63. The predicted molar refractivity (Wildman–Crippen MR) is 69.4 cm³/mol. The van der Waals surface area contributed by atoms with E-state index in [1.807, 2.05) is 24.3 Å². The molecule has 18 heavy (non-hydrogen) atoms. The minimum absolute atomic E-state index is 0.137. The fourth-order valence-electron chi connectivity index (χ4n) is 1.66. The Hall–Kier alpha value is -1.84. The largest absolute Gasteiger partial charge is 0.497 e. The zero-order valence-electron chi connectivity index (χ0n) is 11.2. The molecule has 0 aliphatic rings. The smallest absolute Gasteiger partial charge is 0.227 e. The van der Waals surface area contributed by atoms with Gasteiger partial charge in [-0.25, -0.2) is 0 Å². The number of rotatable bonds is 3. The zero-order chi connectivity index (χ0) is 13.2. The molecule has 4 nitrogen and oxygen atoms in total. The van der Waals surface area contributed by atoms with Gasteiger partial charge in [0.2, 0.25) is 11.7 Å². The first kappa shape index (κ1) is 12.6. The molecular weight excluding hydrogens is 228 g/mol. The van der Waals surface area contributed by atoms with Crippen LogP contribution in [0.3, 0.4) is 0 Å². The molecule has 0 atom stereocenters. The molecule has 0 aliphatic carbocycles. The zero-order valence-corrected chi connectivity index (χ0v) is 11.2. The van der Waals surface area contributed by atoms with Gasteiger partial charge in [-0.1, -0.05) is 38.1 Å². The van der Waals surface area contributed by atoms with Crippen LogP contribution in [0.25, 0.3) is 11.4 Å². The summed E-state index contributed by atoms with van der Waals surface area (Å²) in [5, 5.41) is 4.00. The highest BCUT2D eigenvalue weighted by atomic mass is 16.5. The summed E-state index contributed by atoms with van der Waals surface area (Å²) in [6.45, 7) is 6.42. The molecule has 0 saturated carbocycles. The van der Waals surface area contributed by atoms with Crippen molar-refractivity contribution in [1.82, 2.24) is 10.1 Å². The van der Waals surface area contributed by atoms with Crippen molar-refractivity contribution in [2.75, 3.05) is 7.11 Å². The molecule has 4 heteroatoms. The van der Waals surface area contributed by atoms with Gasteiger partial charge in [0.25, 0.3) is 0 Å². The van der Waals surface area contributed by atoms with Crippen LogP contribution < -0.4 is 4.74 Å². The highest BCUT2D eigenvalue weighted by Crippen LogP contribution is 2.24. The lowest BCUT2D eigenvalue weighted by molar-refractivity contribution is 0.314. The van der Waals surface area contributed by atoms with Crippen molar-refractivity contribution >= 4 is 0 Å². The third-order valence-electron chi connectivity index (χ3n) is 2.48. The minimum atomic E-state index is 0.137. The van der Waals surface area contributed by atoms with E-state index in [4.69, 9.17) is 9.26 Å². The Kier molecular flexibility index (Phi) is 3.36. The highest BCUT2D eigenvalue weighted by Gasteiger charge is 2.17. The normalized spacial score (nSPS) is 11.6. The van der Waals surface area contributed by atoms with Crippen LogP contribution in [0.1, 0.15) is 26.7 Å². The second kappa shape index (κ2) is 4.80. The second-order valence-corrected chi connectivity index (χ2v) is 5.48. The average Bonchev–Trinajstić information content (AvgIpc) is 2.75. The number of ether oxygens (including phenoxy) is 1. The van der Waals surface area contributed by atoms with Gasteiger partial charge in [0.05, 0.1) is 7.11 Å². The molecule has 0 aliphatic heterocycles. The lowest BCUT2D eigenvalue weighted by atomic mass is 9.92. The van der Waals surface area contributed by atoms with Gasteiger partial charge in [-0.15, -0.1) is 0 Å². The van der Waals surface area contributed by atoms with Crippen molar-refractivity contribution in [3.8, 4) is 17.1 Å². The van der Waals surface area contributed by atoms with E-state index in [0.29, 0.717) is 11.7 Å². The maximum atomic E-state index is 5.27. The topological polar surface area (TPSA) is 48.2 Å². The SMILES string of the molecule is COc1cccc(-c2noc(CC(C)(C)C)n2)c1. The van der Waals surface area contributed by atoms with E-state index in [9.17, 15) is 0 Å². The Morgan fingerprint density at radius 2 is 2.06 bits per heavy atom. The van der Waals surface area contributed by atoms with Gasteiger partial charge in [0.1, 0.15) is 5.75 Å². The minimum Gasteiger partial charge on any atom is -0.497 e. The Labute approximate surface area is 107 Å². The standard InChI is InChI=1S/C14H18N2O2/c1-14(2,3)9-12-15-13(16-18-12)10-6-5-7-11(8-10)17-4/h5-8H,9H2,1-4H3. The molecule has 0 fully saturated rings. The van der Waals surface area contributed by atoms with Gasteiger partial charge in [0, 0.05) is 12.0 Å². The van der Waals surface area contributed by atoms with Crippen molar-refractivity contribution in [3.63, 3.8) is 0 Å². The Morgan fingerprint density at radius 3 is 2.72 bits per heavy atom. The molecule has 1 aromatic heterocycles. The van der Waals surface area contributed by atoms with E-state index in [-0.39, 0.29) is 5.41 Å². The van der Waals surface area contributed by atoms with E-state index in [0.717, 1.165) is 17.7 Å². The van der Waals surface area contributed by atoms with Gasteiger partial charge < -0.3 is 9.26 Å². The summed E-state index contributed by atoms with van der Waals surface area (Å²) in [5.41, 5.74) is 1.04. The van der Waals surface area contributed by atoms with E-state index in [1.165, 1.54) is 0 Å². The molecule has 2 aromatic rings. The van der Waals surface area contributed by atoms with Crippen molar-refractivity contribution in [2.45, 2.75) is 27.2 Å². The summed E-state index contributed by atoms with van der Waals surface area (Å²) in [6.07, 6.45) is 0.768. The van der Waals surface area contributed by atoms with Gasteiger partial charge in [-0.3, -0.25) is 0 Å². The van der Waals surface area contributed by atoms with Crippen LogP contribution in [0.4, 0.5) is 0 Å². The van der Waals surface area contributed by atoms with Crippen LogP contribution in [-0.4, -0.2) is 17.3 Å². The molecular formula is C14H18N2O2. The van der Waals surface area contributed by atoms with Crippen LogP contribution >= 0.6 is 0 Å². The van der Waals surface area contributed by atoms with E-state index >= 15 is 0 Å². The molecule has 0 spiro atoms. The van der Waals surface area contributed by atoms with Crippen LogP contribution in [0.2, 0.25) is 0 Å². The maximum absolute atomic E-state index is 5.27. The summed E-state index contributed by atoms with van der Waals surface area (Å²) >= 11 is 0. The van der Waals surface area contributed by atoms with Crippen LogP contribution in [0.5, 0.6) is 5.75 Å². The number of nitrogens with zero attached hydrogens (tertiary/aromatic N) is 2. The summed E-state index contributed by atoms with van der Waals surface area (Å²) in [5.74, 6) is 2.06. The summed E-state index contributed by atoms with van der Waals surface area (Å²) in [4.78, 5) is 4.41. The first-order valence-corrected chi connectivity index (χ1v) is 5.95. The summed E-state index contributed by atoms with van der Waals surface area (Å²) in [7, 11) is 1.64. The third kappa shape index (κ3) is 3.09. The maximum Gasteiger partial charge on any atom is 0.227 e. The first-order chi connectivity index (χ1) is 8.48. The Bertz CT molecular complexity index is 527. The number of benzene rings is 1. The number of hydrogen-bond donors (Lipinski definition) is 0. The van der Waals surface area contributed by atoms with Gasteiger partial charge in [-0.2, -0.15) is 4.98 Å². The predicted octanol–water partition coefficient (Wildman–Crippen LogP) is 3.33. The highest BCUT2D eigenvalue weighted by molar-refractivity contribution is 5.56. The number of aromatic nitrogens is 2. The molecule has 1 heterocycles. The van der Waals surface area contributed by atoms with Crippen molar-refractivity contribution in [2.24, 2.45) is 5.41 Å². The third-order valence-corrected chi connectivity index (χ3v) is 2.48. The lowest BCUT2D eigenvalue weighted by Gasteiger charge is -2.13. The Morgan fingerprint density at radius 1 is 1.28 bits per heavy atom. The second-order valence-electron chi connectivity index (χ2n) is 5.48. The van der Waals surface area contributed by atoms with Crippen LogP contribution in [0, 0.1) is 5.41 Å². The number of hydrogen-bond acceptors (Lipinski definition) is 4. The molecule has 0 bridgehead atoms. The molecule has 2 rings (SSSR count). The van der Waals surface area contributed by atoms with Gasteiger partial charge in [-0.05, 0) is 17.5 Å². The molecule has 0 amide bonds. The van der Waals surface area contributed by atoms with E-state index in [1.54, 1.807) is 7.11 Å². The molecule has 0 N–H and O–H groups in total. The average molecular weight is 246 g/mol. The molecule has 96 valence electrons. The summed E-state index contributed by atoms with van der Waals surface area (Å²) < 4.78 is 10.4. The monoisotopic (exact) mass is 246 g/mol. The fraction of sp³-hybridized carbons (Fsp3) is 0.429. The van der Waals surface area contributed by atoms with E-state index < -0.39 is 0 Å². The molecule has 0 radical (unpaired) electrons. The van der Waals surface area contributed by atoms with Crippen molar-refractivity contribution < 1.29 is 9.26 Å². The lowest BCUT2D eigenvalue weighted by Crippen LogP contribution is -2.09.